The van der Waals surface area contributed by atoms with E-state index in [4.69, 9.17) is 11.6 Å². The lowest BCUT2D eigenvalue weighted by Gasteiger charge is -2.52. The SMILES string of the molecule is O=C(Cc1ccc(O)cc1)N[C@@H]1C(=O)N2C(C(=O)[O-])=C(C[N+]34CCCC3CN(C(=O)c3ccc(O)c(O)c3Cl)CC4)CS[C@H]12. The van der Waals surface area contributed by atoms with Gasteiger partial charge in [-0.2, -0.15) is 0 Å². The molecule has 0 aromatic heterocycles. The maximum absolute atomic E-state index is 13.3. The monoisotopic (exact) mass is 642 g/mol. The second-order valence-electron chi connectivity index (χ2n) is 11.7. The fraction of sp³-hybridized carbons (Fsp3) is 0.400. The largest absolute Gasteiger partial charge is 0.543 e. The number of carbonyl (C=O) groups is 4. The number of hydrogen-bond acceptors (Lipinski definition) is 9. The fourth-order valence-electron chi connectivity index (χ4n) is 6.88. The highest BCUT2D eigenvalue weighted by Gasteiger charge is 2.54. The number of quaternary nitrogens is 1. The molecule has 3 saturated heterocycles. The van der Waals surface area contributed by atoms with E-state index in [-0.39, 0.29) is 46.3 Å². The van der Waals surface area contributed by atoms with Gasteiger partial charge in [0.2, 0.25) is 5.91 Å². The number of halogens is 1. The average molecular weight is 643 g/mol. The summed E-state index contributed by atoms with van der Waals surface area (Å²) in [4.78, 5) is 54.5. The van der Waals surface area contributed by atoms with Gasteiger partial charge < -0.3 is 39.9 Å². The molecule has 0 spiro atoms. The third-order valence-electron chi connectivity index (χ3n) is 9.14. The van der Waals surface area contributed by atoms with Crippen LogP contribution in [0.5, 0.6) is 17.2 Å². The number of nitrogens with zero attached hydrogens (tertiary/aromatic N) is 3. The fourth-order valence-corrected chi connectivity index (χ4v) is 8.46. The van der Waals surface area contributed by atoms with Crippen LogP contribution in [0.2, 0.25) is 5.02 Å². The van der Waals surface area contributed by atoms with Crippen LogP contribution in [-0.2, 0) is 20.8 Å². The Kier molecular flexibility index (Phi) is 7.89. The number of rotatable bonds is 7. The van der Waals surface area contributed by atoms with Crippen LogP contribution >= 0.6 is 23.4 Å². The van der Waals surface area contributed by atoms with Gasteiger partial charge >= 0.3 is 0 Å². The predicted molar refractivity (Wildman–Crippen MR) is 157 cm³/mol. The number of carboxylic acids is 1. The molecule has 2 aromatic rings. The Hall–Kier alpha value is -3.94. The molecule has 4 N–H and O–H groups in total. The van der Waals surface area contributed by atoms with Crippen molar-refractivity contribution in [1.82, 2.24) is 15.1 Å². The first kappa shape index (κ1) is 30.1. The topological polar surface area (TPSA) is 171 Å². The number of fused-ring (bicyclic) bond motifs is 2. The number of aromatic hydroxyl groups is 3. The second-order valence-corrected chi connectivity index (χ2v) is 13.2. The van der Waals surface area contributed by atoms with Crippen molar-refractivity contribution in [2.75, 3.05) is 38.5 Å². The summed E-state index contributed by atoms with van der Waals surface area (Å²) in [5.74, 6) is -3.19. The van der Waals surface area contributed by atoms with E-state index in [0.29, 0.717) is 47.6 Å². The number of benzene rings is 2. The highest BCUT2D eigenvalue weighted by atomic mass is 35.5. The number of hydrogen-bond donors (Lipinski definition) is 4. The van der Waals surface area contributed by atoms with E-state index in [2.05, 4.69) is 5.32 Å². The number of β-lactam (4-membered cyclic amide) rings is 1. The molecule has 3 fully saturated rings. The van der Waals surface area contributed by atoms with Gasteiger partial charge in [0.25, 0.3) is 11.8 Å². The van der Waals surface area contributed by atoms with E-state index in [1.807, 2.05) is 0 Å². The summed E-state index contributed by atoms with van der Waals surface area (Å²) in [7, 11) is 0. The summed E-state index contributed by atoms with van der Waals surface area (Å²) in [5.41, 5.74) is 1.23. The van der Waals surface area contributed by atoms with Gasteiger partial charge in [0.1, 0.15) is 29.8 Å². The maximum atomic E-state index is 13.3. The van der Waals surface area contributed by atoms with Gasteiger partial charge in [0, 0.05) is 24.2 Å². The van der Waals surface area contributed by atoms with E-state index in [0.717, 1.165) is 19.4 Å². The molecular weight excluding hydrogens is 612 g/mol. The molecule has 12 nitrogen and oxygen atoms in total. The zero-order chi connectivity index (χ0) is 31.3. The van der Waals surface area contributed by atoms with Gasteiger partial charge in [-0.05, 0) is 29.8 Å². The molecule has 4 heterocycles. The Labute approximate surface area is 262 Å². The van der Waals surface area contributed by atoms with Gasteiger partial charge in [-0.1, -0.05) is 23.7 Å². The number of aliphatic carboxylic acids is 1. The molecule has 4 atom stereocenters. The molecule has 4 aliphatic heterocycles. The molecule has 0 aliphatic carbocycles. The Morgan fingerprint density at radius 2 is 1.84 bits per heavy atom. The number of phenolic OH excluding ortho intramolecular Hbond substituents is 3. The smallest absolute Gasteiger partial charge is 0.255 e. The van der Waals surface area contributed by atoms with Crippen LogP contribution in [0.1, 0.15) is 28.8 Å². The zero-order valence-electron chi connectivity index (χ0n) is 23.6. The third-order valence-corrected chi connectivity index (χ3v) is 10.9. The summed E-state index contributed by atoms with van der Waals surface area (Å²) in [6, 6.07) is 7.96. The summed E-state index contributed by atoms with van der Waals surface area (Å²) in [6.45, 7) is 2.57. The van der Waals surface area contributed by atoms with Gasteiger partial charge in [-0.15, -0.1) is 11.8 Å². The Balaban J connectivity index is 1.15. The van der Waals surface area contributed by atoms with Crippen LogP contribution in [0, 0.1) is 0 Å². The van der Waals surface area contributed by atoms with E-state index < -0.39 is 34.8 Å². The number of carboxylic acid groups (broad SMARTS) is 1. The first-order chi connectivity index (χ1) is 21.0. The minimum atomic E-state index is -1.43. The second kappa shape index (κ2) is 11.5. The van der Waals surface area contributed by atoms with Gasteiger partial charge in [0.15, 0.2) is 11.5 Å². The lowest BCUT2D eigenvalue weighted by molar-refractivity contribution is -0.938. The predicted octanol–water partition coefficient (Wildman–Crippen LogP) is 0.538. The van der Waals surface area contributed by atoms with Gasteiger partial charge in [0.05, 0.1) is 54.9 Å². The quantitative estimate of drug-likeness (QED) is 0.191. The Morgan fingerprint density at radius 3 is 2.57 bits per heavy atom. The van der Waals surface area contributed by atoms with Crippen molar-refractivity contribution in [2.45, 2.75) is 36.7 Å². The summed E-state index contributed by atoms with van der Waals surface area (Å²) < 4.78 is 0.588. The molecule has 232 valence electrons. The van der Waals surface area contributed by atoms with Crippen LogP contribution < -0.4 is 10.4 Å². The molecule has 44 heavy (non-hydrogen) atoms. The molecule has 6 rings (SSSR count). The highest BCUT2D eigenvalue weighted by molar-refractivity contribution is 8.00. The molecule has 2 aromatic carbocycles. The van der Waals surface area contributed by atoms with Gasteiger partial charge in [-0.3, -0.25) is 19.3 Å². The normalized spacial score (nSPS) is 26.1. The van der Waals surface area contributed by atoms with E-state index >= 15 is 0 Å². The molecule has 0 saturated carbocycles. The van der Waals surface area contributed by atoms with E-state index in [1.165, 1.54) is 40.9 Å². The van der Waals surface area contributed by atoms with Crippen molar-refractivity contribution >= 4 is 47.1 Å². The summed E-state index contributed by atoms with van der Waals surface area (Å²) >= 11 is 7.56. The summed E-state index contributed by atoms with van der Waals surface area (Å²) in [5, 5.41) is 43.5. The molecule has 2 unspecified atom stereocenters. The molecule has 14 heteroatoms. The van der Waals surface area contributed by atoms with Crippen LogP contribution in [0.3, 0.4) is 0 Å². The number of piperazine rings is 1. The number of phenols is 3. The standard InChI is InChI=1S/C30H31ClN4O8S/c31-23-20(7-8-21(37)26(23)39)27(40)33-9-11-35(10-1-2-18(35)13-33)14-17-15-44-29-24(28(41)34(29)25(17)30(42)43)32-22(38)12-16-3-5-19(36)6-4-16/h3-8,18,24,29H,1-2,9-15H2,(H4-,32,36,37,38,39,40,42,43)/t18?,24-,29-,35?/m1/s1. The minimum absolute atomic E-state index is 0.0108. The molecule has 4 aliphatic rings. The Morgan fingerprint density at radius 1 is 1.09 bits per heavy atom. The summed E-state index contributed by atoms with van der Waals surface area (Å²) in [6.07, 6.45) is 1.74. The lowest BCUT2D eigenvalue weighted by atomic mass is 10.0. The molecule has 0 bridgehead atoms. The van der Waals surface area contributed by atoms with Gasteiger partial charge in [-0.25, -0.2) is 0 Å². The average Bonchev–Trinajstić information content (AvgIpc) is 3.42. The van der Waals surface area contributed by atoms with Crippen LogP contribution in [0.25, 0.3) is 0 Å². The van der Waals surface area contributed by atoms with Crippen molar-refractivity contribution in [3.8, 4) is 17.2 Å². The van der Waals surface area contributed by atoms with Crippen molar-refractivity contribution in [2.24, 2.45) is 0 Å². The third kappa shape index (κ3) is 5.22. The Bertz CT molecular complexity index is 1580. The first-order valence-corrected chi connectivity index (χ1v) is 15.7. The lowest BCUT2D eigenvalue weighted by Crippen LogP contribution is -2.72. The number of thioether (sulfide) groups is 1. The van der Waals surface area contributed by atoms with E-state index in [1.54, 1.807) is 17.0 Å². The number of nitrogens with one attached hydrogen (secondary N) is 1. The van der Waals surface area contributed by atoms with Crippen molar-refractivity contribution in [3.05, 3.63) is 63.8 Å². The number of carbonyl (C=O) groups excluding carboxylic acids is 4. The van der Waals surface area contributed by atoms with Crippen LogP contribution in [0.4, 0.5) is 0 Å². The van der Waals surface area contributed by atoms with Crippen LogP contribution in [-0.4, -0.2) is 109 Å². The minimum Gasteiger partial charge on any atom is -0.543 e. The van der Waals surface area contributed by atoms with E-state index in [9.17, 15) is 39.6 Å². The van der Waals surface area contributed by atoms with Crippen molar-refractivity contribution < 1.29 is 44.1 Å². The highest BCUT2D eigenvalue weighted by Crippen LogP contribution is 2.43. The van der Waals surface area contributed by atoms with Crippen LogP contribution in [0.15, 0.2) is 47.7 Å². The zero-order valence-corrected chi connectivity index (χ0v) is 25.1. The molecular formula is C30H31ClN4O8S. The maximum Gasteiger partial charge on any atom is 0.255 e. The number of amides is 3. The molecule has 3 amide bonds. The van der Waals surface area contributed by atoms with Crippen molar-refractivity contribution in [1.29, 1.82) is 0 Å². The first-order valence-electron chi connectivity index (χ1n) is 14.3. The van der Waals surface area contributed by atoms with Crippen molar-refractivity contribution in [3.63, 3.8) is 0 Å². The molecule has 0 radical (unpaired) electrons.